The molecular formula is C10H13BrN2. The van der Waals surface area contributed by atoms with Gasteiger partial charge in [-0.1, -0.05) is 15.9 Å². The Balaban J connectivity index is 2.13. The molecule has 1 saturated heterocycles. The molecule has 0 amide bonds. The predicted octanol–water partition coefficient (Wildman–Crippen LogP) is 1.99. The van der Waals surface area contributed by atoms with Crippen LogP contribution in [0, 0.1) is 0 Å². The van der Waals surface area contributed by atoms with Crippen LogP contribution in [0.3, 0.4) is 0 Å². The van der Waals surface area contributed by atoms with E-state index < -0.39 is 0 Å². The van der Waals surface area contributed by atoms with Gasteiger partial charge in [-0.15, -0.1) is 0 Å². The lowest BCUT2D eigenvalue weighted by molar-refractivity contribution is 0.752. The molecule has 0 saturated carbocycles. The quantitative estimate of drug-likeness (QED) is 0.814. The van der Waals surface area contributed by atoms with Crippen LogP contribution in [0.25, 0.3) is 0 Å². The first-order chi connectivity index (χ1) is 6.25. The van der Waals surface area contributed by atoms with Gasteiger partial charge in [0.15, 0.2) is 0 Å². The third-order valence-corrected chi connectivity index (χ3v) is 2.95. The zero-order valence-electron chi connectivity index (χ0n) is 7.41. The molecule has 2 nitrogen and oxygen atoms in total. The summed E-state index contributed by atoms with van der Waals surface area (Å²) in [5.74, 6) is 0. The lowest BCUT2D eigenvalue weighted by Crippen LogP contribution is -2.26. The molecule has 1 fully saturated rings. The van der Waals surface area contributed by atoms with Crippen molar-refractivity contribution in [1.82, 2.24) is 0 Å². The van der Waals surface area contributed by atoms with Crippen LogP contribution in [0.1, 0.15) is 6.42 Å². The maximum Gasteiger partial charge on any atom is 0.0367 e. The van der Waals surface area contributed by atoms with Crippen LogP contribution in [0.5, 0.6) is 0 Å². The van der Waals surface area contributed by atoms with Gasteiger partial charge in [0.2, 0.25) is 0 Å². The summed E-state index contributed by atoms with van der Waals surface area (Å²) in [4.78, 5) is 2.33. The number of rotatable bonds is 1. The van der Waals surface area contributed by atoms with Crippen molar-refractivity contribution in [3.63, 3.8) is 0 Å². The van der Waals surface area contributed by atoms with E-state index in [0.29, 0.717) is 6.04 Å². The van der Waals surface area contributed by atoms with Crippen molar-refractivity contribution in [3.8, 4) is 0 Å². The fourth-order valence-corrected chi connectivity index (χ4v) is 1.94. The van der Waals surface area contributed by atoms with Crippen LogP contribution >= 0.6 is 15.9 Å². The molecule has 1 aromatic carbocycles. The SMILES string of the molecule is N[C@H]1CCN(c2ccc(Br)cc2)C1. The Hall–Kier alpha value is -0.540. The van der Waals surface area contributed by atoms with Crippen LogP contribution < -0.4 is 10.6 Å². The van der Waals surface area contributed by atoms with Crippen molar-refractivity contribution in [2.75, 3.05) is 18.0 Å². The summed E-state index contributed by atoms with van der Waals surface area (Å²) in [5, 5.41) is 0. The number of halogens is 1. The minimum Gasteiger partial charge on any atom is -0.370 e. The van der Waals surface area contributed by atoms with E-state index in [0.717, 1.165) is 24.0 Å². The van der Waals surface area contributed by atoms with E-state index >= 15 is 0 Å². The smallest absolute Gasteiger partial charge is 0.0367 e. The summed E-state index contributed by atoms with van der Waals surface area (Å²) in [6, 6.07) is 8.74. The summed E-state index contributed by atoms with van der Waals surface area (Å²) in [5.41, 5.74) is 7.12. The highest BCUT2D eigenvalue weighted by atomic mass is 79.9. The van der Waals surface area contributed by atoms with Crippen molar-refractivity contribution in [1.29, 1.82) is 0 Å². The zero-order valence-corrected chi connectivity index (χ0v) is 9.00. The number of hydrogen-bond donors (Lipinski definition) is 1. The molecule has 3 heteroatoms. The fraction of sp³-hybridized carbons (Fsp3) is 0.400. The average Bonchev–Trinajstić information content (AvgIpc) is 2.53. The van der Waals surface area contributed by atoms with E-state index in [1.807, 2.05) is 0 Å². The van der Waals surface area contributed by atoms with Crippen molar-refractivity contribution >= 4 is 21.6 Å². The molecule has 2 rings (SSSR count). The third-order valence-electron chi connectivity index (χ3n) is 2.42. The molecule has 1 aromatic rings. The van der Waals surface area contributed by atoms with Crippen molar-refractivity contribution in [2.24, 2.45) is 5.73 Å². The van der Waals surface area contributed by atoms with Gasteiger partial charge in [-0.3, -0.25) is 0 Å². The highest BCUT2D eigenvalue weighted by molar-refractivity contribution is 9.10. The molecule has 0 bridgehead atoms. The Morgan fingerprint density at radius 3 is 2.54 bits per heavy atom. The molecule has 0 unspecified atom stereocenters. The molecule has 1 atom stereocenters. The second kappa shape index (κ2) is 3.68. The topological polar surface area (TPSA) is 29.3 Å². The molecule has 70 valence electrons. The van der Waals surface area contributed by atoms with Gasteiger partial charge in [0.05, 0.1) is 0 Å². The second-order valence-electron chi connectivity index (χ2n) is 3.47. The van der Waals surface area contributed by atoms with Crippen molar-refractivity contribution in [2.45, 2.75) is 12.5 Å². The standard InChI is InChI=1S/C10H13BrN2/c11-8-1-3-10(4-2-8)13-6-5-9(12)7-13/h1-4,9H,5-7,12H2/t9-/m0/s1. The van der Waals surface area contributed by atoms with E-state index in [1.54, 1.807) is 0 Å². The average molecular weight is 241 g/mol. The number of nitrogens with two attached hydrogens (primary N) is 1. The van der Waals surface area contributed by atoms with Crippen LogP contribution in [0.15, 0.2) is 28.7 Å². The van der Waals surface area contributed by atoms with E-state index in [2.05, 4.69) is 45.1 Å². The summed E-state index contributed by atoms with van der Waals surface area (Å²) in [6.45, 7) is 2.07. The summed E-state index contributed by atoms with van der Waals surface area (Å²) in [7, 11) is 0. The molecule has 2 N–H and O–H groups in total. The Labute approximate surface area is 86.9 Å². The van der Waals surface area contributed by atoms with Gasteiger partial charge in [-0.2, -0.15) is 0 Å². The van der Waals surface area contributed by atoms with E-state index in [9.17, 15) is 0 Å². The molecule has 0 spiro atoms. The van der Waals surface area contributed by atoms with Gasteiger partial charge >= 0.3 is 0 Å². The van der Waals surface area contributed by atoms with Crippen LogP contribution in [-0.4, -0.2) is 19.1 Å². The molecular weight excluding hydrogens is 228 g/mol. The Kier molecular flexibility index (Phi) is 2.56. The minimum absolute atomic E-state index is 0.351. The van der Waals surface area contributed by atoms with Crippen LogP contribution in [0.4, 0.5) is 5.69 Å². The summed E-state index contributed by atoms with van der Waals surface area (Å²) in [6.07, 6.45) is 1.11. The molecule has 1 heterocycles. The first-order valence-electron chi connectivity index (χ1n) is 4.52. The second-order valence-corrected chi connectivity index (χ2v) is 4.39. The minimum atomic E-state index is 0.351. The maximum atomic E-state index is 5.84. The van der Waals surface area contributed by atoms with Gasteiger partial charge in [-0.25, -0.2) is 0 Å². The number of benzene rings is 1. The number of nitrogens with zero attached hydrogens (tertiary/aromatic N) is 1. The molecule has 1 aliphatic rings. The lowest BCUT2D eigenvalue weighted by atomic mass is 10.3. The van der Waals surface area contributed by atoms with Gasteiger partial charge in [0.1, 0.15) is 0 Å². The Morgan fingerprint density at radius 1 is 1.31 bits per heavy atom. The normalized spacial score (nSPS) is 22.3. The molecule has 0 radical (unpaired) electrons. The van der Waals surface area contributed by atoms with E-state index in [1.165, 1.54) is 5.69 Å². The van der Waals surface area contributed by atoms with Gasteiger partial charge in [0.25, 0.3) is 0 Å². The van der Waals surface area contributed by atoms with Crippen molar-refractivity contribution in [3.05, 3.63) is 28.7 Å². The highest BCUT2D eigenvalue weighted by Crippen LogP contribution is 2.21. The van der Waals surface area contributed by atoms with Crippen LogP contribution in [0.2, 0.25) is 0 Å². The lowest BCUT2D eigenvalue weighted by Gasteiger charge is -2.17. The van der Waals surface area contributed by atoms with Crippen LogP contribution in [-0.2, 0) is 0 Å². The van der Waals surface area contributed by atoms with E-state index in [-0.39, 0.29) is 0 Å². The predicted molar refractivity (Wildman–Crippen MR) is 58.9 cm³/mol. The van der Waals surface area contributed by atoms with Gasteiger partial charge in [0, 0.05) is 29.3 Å². The molecule has 1 aliphatic heterocycles. The largest absolute Gasteiger partial charge is 0.370 e. The summed E-state index contributed by atoms with van der Waals surface area (Å²) >= 11 is 3.42. The monoisotopic (exact) mass is 240 g/mol. The molecule has 0 aliphatic carbocycles. The van der Waals surface area contributed by atoms with E-state index in [4.69, 9.17) is 5.73 Å². The third kappa shape index (κ3) is 2.03. The zero-order chi connectivity index (χ0) is 9.26. The maximum absolute atomic E-state index is 5.84. The number of hydrogen-bond acceptors (Lipinski definition) is 2. The van der Waals surface area contributed by atoms with Gasteiger partial charge < -0.3 is 10.6 Å². The first-order valence-corrected chi connectivity index (χ1v) is 5.31. The molecule has 13 heavy (non-hydrogen) atoms. The Morgan fingerprint density at radius 2 is 2.00 bits per heavy atom. The van der Waals surface area contributed by atoms with Gasteiger partial charge in [-0.05, 0) is 30.7 Å². The molecule has 0 aromatic heterocycles. The first kappa shape index (κ1) is 9.03. The number of anilines is 1. The summed E-state index contributed by atoms with van der Waals surface area (Å²) < 4.78 is 1.12. The fourth-order valence-electron chi connectivity index (χ4n) is 1.67. The Bertz CT molecular complexity index is 283. The highest BCUT2D eigenvalue weighted by Gasteiger charge is 2.18. The van der Waals surface area contributed by atoms with Crippen molar-refractivity contribution < 1.29 is 0 Å².